The lowest BCUT2D eigenvalue weighted by Gasteiger charge is -2.07. The third kappa shape index (κ3) is 4.14. The summed E-state index contributed by atoms with van der Waals surface area (Å²) in [6.45, 7) is 1.58. The summed E-state index contributed by atoms with van der Waals surface area (Å²) in [6, 6.07) is 3.57. The van der Waals surface area contributed by atoms with Crippen molar-refractivity contribution >= 4 is 17.5 Å². The summed E-state index contributed by atoms with van der Waals surface area (Å²) in [5, 5.41) is 11.5. The van der Waals surface area contributed by atoms with Crippen LogP contribution >= 0.6 is 0 Å². The Labute approximate surface area is 104 Å². The number of hydrogen-bond donors (Lipinski definition) is 3. The van der Waals surface area contributed by atoms with Gasteiger partial charge < -0.3 is 16.2 Å². The van der Waals surface area contributed by atoms with Gasteiger partial charge in [0.05, 0.1) is 11.7 Å². The molecule has 0 heterocycles. The summed E-state index contributed by atoms with van der Waals surface area (Å²) in [5.74, 6) is -1.95. The van der Waals surface area contributed by atoms with Crippen LogP contribution in [0.5, 0.6) is 0 Å². The summed E-state index contributed by atoms with van der Waals surface area (Å²) in [7, 11) is 0. The van der Waals surface area contributed by atoms with E-state index in [1.54, 1.807) is 6.92 Å². The van der Waals surface area contributed by atoms with Gasteiger partial charge in [0.15, 0.2) is 0 Å². The smallest absolute Gasteiger partial charge is 0.251 e. The van der Waals surface area contributed by atoms with Crippen molar-refractivity contribution in [3.8, 4) is 0 Å². The van der Waals surface area contributed by atoms with E-state index in [2.05, 4.69) is 5.32 Å². The van der Waals surface area contributed by atoms with Crippen molar-refractivity contribution in [3.05, 3.63) is 29.6 Å². The standard InChI is InChI=1S/C12H15FN2O3/c1-7(16)2-5-11(17)15-8-3-4-10(13)9(6-8)12(14)18/h3-4,6-7,16H,2,5H2,1H3,(H2,14,18)(H,15,17). The fraction of sp³-hybridized carbons (Fsp3) is 0.333. The van der Waals surface area contributed by atoms with Crippen LogP contribution in [0.1, 0.15) is 30.1 Å². The van der Waals surface area contributed by atoms with E-state index < -0.39 is 17.8 Å². The highest BCUT2D eigenvalue weighted by atomic mass is 19.1. The number of benzene rings is 1. The molecule has 0 saturated heterocycles. The van der Waals surface area contributed by atoms with Crippen LogP contribution in [0, 0.1) is 5.82 Å². The predicted molar refractivity (Wildman–Crippen MR) is 64.5 cm³/mol. The van der Waals surface area contributed by atoms with Gasteiger partial charge in [-0.25, -0.2) is 4.39 Å². The number of hydrogen-bond acceptors (Lipinski definition) is 3. The van der Waals surface area contributed by atoms with Crippen LogP contribution in [0.2, 0.25) is 0 Å². The average molecular weight is 254 g/mol. The Balaban J connectivity index is 2.70. The molecule has 2 amide bonds. The van der Waals surface area contributed by atoms with Crippen molar-refractivity contribution in [2.45, 2.75) is 25.9 Å². The molecule has 1 rings (SSSR count). The van der Waals surface area contributed by atoms with Gasteiger partial charge in [-0.3, -0.25) is 9.59 Å². The maximum Gasteiger partial charge on any atom is 0.251 e. The Hall–Kier alpha value is -1.95. The molecule has 0 saturated carbocycles. The number of amides is 2. The Morgan fingerprint density at radius 1 is 1.50 bits per heavy atom. The van der Waals surface area contributed by atoms with Gasteiger partial charge in [-0.1, -0.05) is 0 Å². The summed E-state index contributed by atoms with van der Waals surface area (Å²) >= 11 is 0. The van der Waals surface area contributed by atoms with Crippen molar-refractivity contribution in [2.24, 2.45) is 5.73 Å². The number of anilines is 1. The first-order valence-corrected chi connectivity index (χ1v) is 5.47. The highest BCUT2D eigenvalue weighted by Gasteiger charge is 2.10. The number of carbonyl (C=O) groups excluding carboxylic acids is 2. The van der Waals surface area contributed by atoms with Gasteiger partial charge >= 0.3 is 0 Å². The zero-order chi connectivity index (χ0) is 13.7. The largest absolute Gasteiger partial charge is 0.393 e. The summed E-state index contributed by atoms with van der Waals surface area (Å²) in [4.78, 5) is 22.4. The quantitative estimate of drug-likeness (QED) is 0.732. The number of carbonyl (C=O) groups is 2. The number of halogens is 1. The normalized spacial score (nSPS) is 11.9. The van der Waals surface area contributed by atoms with Crippen LogP contribution in [0.4, 0.5) is 10.1 Å². The molecule has 0 spiro atoms. The molecule has 0 aliphatic carbocycles. The van der Waals surface area contributed by atoms with Crippen LogP contribution in [0.3, 0.4) is 0 Å². The maximum atomic E-state index is 13.2. The molecule has 1 unspecified atom stereocenters. The first-order valence-electron chi connectivity index (χ1n) is 5.47. The molecule has 0 aliphatic rings. The molecule has 0 aromatic heterocycles. The van der Waals surface area contributed by atoms with E-state index in [-0.39, 0.29) is 17.9 Å². The molecule has 6 heteroatoms. The van der Waals surface area contributed by atoms with E-state index in [4.69, 9.17) is 10.8 Å². The highest BCUT2D eigenvalue weighted by molar-refractivity contribution is 5.96. The lowest BCUT2D eigenvalue weighted by molar-refractivity contribution is -0.116. The van der Waals surface area contributed by atoms with Gasteiger partial charge in [0.1, 0.15) is 5.82 Å². The highest BCUT2D eigenvalue weighted by Crippen LogP contribution is 2.14. The molecule has 0 aliphatic heterocycles. The Morgan fingerprint density at radius 3 is 2.72 bits per heavy atom. The van der Waals surface area contributed by atoms with E-state index in [0.717, 1.165) is 6.07 Å². The summed E-state index contributed by atoms with van der Waals surface area (Å²) in [6.07, 6.45) is -0.0958. The van der Waals surface area contributed by atoms with Crippen LogP contribution < -0.4 is 11.1 Å². The third-order valence-corrected chi connectivity index (χ3v) is 2.30. The minimum absolute atomic E-state index is 0.140. The Bertz CT molecular complexity index is 461. The molecule has 0 radical (unpaired) electrons. The zero-order valence-electron chi connectivity index (χ0n) is 9.94. The number of aliphatic hydroxyl groups is 1. The first kappa shape index (κ1) is 14.1. The SMILES string of the molecule is CC(O)CCC(=O)Nc1ccc(F)c(C(N)=O)c1. The predicted octanol–water partition coefficient (Wildman–Crippen LogP) is 1.02. The second-order valence-corrected chi connectivity index (χ2v) is 3.99. The van der Waals surface area contributed by atoms with Crippen LogP contribution in [-0.4, -0.2) is 23.0 Å². The molecule has 1 aromatic carbocycles. The van der Waals surface area contributed by atoms with Gasteiger partial charge in [0.25, 0.3) is 5.91 Å². The Kier molecular flexibility index (Phi) is 4.79. The van der Waals surface area contributed by atoms with E-state index in [0.29, 0.717) is 12.1 Å². The van der Waals surface area contributed by atoms with E-state index in [9.17, 15) is 14.0 Å². The lowest BCUT2D eigenvalue weighted by Crippen LogP contribution is -2.16. The first-order chi connectivity index (χ1) is 8.40. The lowest BCUT2D eigenvalue weighted by atomic mass is 10.1. The molecule has 5 nitrogen and oxygen atoms in total. The van der Waals surface area contributed by atoms with E-state index >= 15 is 0 Å². The van der Waals surface area contributed by atoms with Gasteiger partial charge in [0, 0.05) is 12.1 Å². The van der Waals surface area contributed by atoms with E-state index in [1.807, 2.05) is 0 Å². The fourth-order valence-corrected chi connectivity index (χ4v) is 1.36. The molecular formula is C12H15FN2O3. The molecule has 1 aromatic rings. The monoisotopic (exact) mass is 254 g/mol. The number of primary amides is 1. The van der Waals surface area contributed by atoms with Crippen molar-refractivity contribution in [1.82, 2.24) is 0 Å². The van der Waals surface area contributed by atoms with Gasteiger partial charge in [-0.15, -0.1) is 0 Å². The minimum atomic E-state index is -0.896. The zero-order valence-corrected chi connectivity index (χ0v) is 9.94. The van der Waals surface area contributed by atoms with Crippen LogP contribution in [0.25, 0.3) is 0 Å². The summed E-state index contributed by atoms with van der Waals surface area (Å²) < 4.78 is 13.2. The van der Waals surface area contributed by atoms with Crippen molar-refractivity contribution in [3.63, 3.8) is 0 Å². The molecule has 18 heavy (non-hydrogen) atoms. The Morgan fingerprint density at radius 2 is 2.17 bits per heavy atom. The van der Waals surface area contributed by atoms with Crippen molar-refractivity contribution in [1.29, 1.82) is 0 Å². The summed E-state index contributed by atoms with van der Waals surface area (Å²) in [5.41, 5.74) is 5.01. The minimum Gasteiger partial charge on any atom is -0.393 e. The maximum absolute atomic E-state index is 13.2. The number of aliphatic hydroxyl groups excluding tert-OH is 1. The van der Waals surface area contributed by atoms with Crippen LogP contribution in [0.15, 0.2) is 18.2 Å². The molecule has 0 bridgehead atoms. The molecule has 98 valence electrons. The van der Waals surface area contributed by atoms with Gasteiger partial charge in [0.2, 0.25) is 5.91 Å². The number of nitrogens with two attached hydrogens (primary N) is 1. The van der Waals surface area contributed by atoms with Crippen molar-refractivity contribution < 1.29 is 19.1 Å². The molecule has 0 fully saturated rings. The number of rotatable bonds is 5. The van der Waals surface area contributed by atoms with Gasteiger partial charge in [-0.2, -0.15) is 0 Å². The second-order valence-electron chi connectivity index (χ2n) is 3.99. The van der Waals surface area contributed by atoms with E-state index in [1.165, 1.54) is 12.1 Å². The molecule has 4 N–H and O–H groups in total. The average Bonchev–Trinajstić information content (AvgIpc) is 2.28. The molecular weight excluding hydrogens is 239 g/mol. The topological polar surface area (TPSA) is 92.4 Å². The fourth-order valence-electron chi connectivity index (χ4n) is 1.36. The number of nitrogens with one attached hydrogen (secondary N) is 1. The second kappa shape index (κ2) is 6.11. The molecule has 1 atom stereocenters. The third-order valence-electron chi connectivity index (χ3n) is 2.30. The van der Waals surface area contributed by atoms with Crippen molar-refractivity contribution in [2.75, 3.05) is 5.32 Å². The van der Waals surface area contributed by atoms with Crippen LogP contribution in [-0.2, 0) is 4.79 Å². The van der Waals surface area contributed by atoms with Gasteiger partial charge in [-0.05, 0) is 31.5 Å².